The minimum absolute atomic E-state index is 0.0407. The fourth-order valence-electron chi connectivity index (χ4n) is 2.97. The van der Waals surface area contributed by atoms with E-state index in [2.05, 4.69) is 5.32 Å². The van der Waals surface area contributed by atoms with Gasteiger partial charge in [0.1, 0.15) is 0 Å². The van der Waals surface area contributed by atoms with Gasteiger partial charge in [-0.2, -0.15) is 0 Å². The van der Waals surface area contributed by atoms with Crippen LogP contribution in [0.3, 0.4) is 0 Å². The second-order valence-corrected chi connectivity index (χ2v) is 5.64. The first-order chi connectivity index (χ1) is 8.47. The van der Waals surface area contributed by atoms with E-state index in [1.165, 1.54) is 24.7 Å². The van der Waals surface area contributed by atoms with Crippen LogP contribution in [0.2, 0.25) is 0 Å². The molecule has 102 valence electrons. The van der Waals surface area contributed by atoms with Crippen LogP contribution < -0.4 is 5.32 Å². The predicted octanol–water partition coefficient (Wildman–Crippen LogP) is 0.206. The van der Waals surface area contributed by atoms with E-state index in [9.17, 15) is 9.59 Å². The van der Waals surface area contributed by atoms with Gasteiger partial charge >= 0.3 is 0 Å². The van der Waals surface area contributed by atoms with Crippen LogP contribution in [0.5, 0.6) is 0 Å². The summed E-state index contributed by atoms with van der Waals surface area (Å²) < 4.78 is 0. The van der Waals surface area contributed by atoms with Crippen LogP contribution in [0.15, 0.2) is 0 Å². The van der Waals surface area contributed by atoms with Crippen molar-refractivity contribution in [3.05, 3.63) is 0 Å². The lowest BCUT2D eigenvalue weighted by Crippen LogP contribution is -2.50. The first kappa shape index (κ1) is 13.3. The zero-order chi connectivity index (χ0) is 13.3. The first-order valence-electron chi connectivity index (χ1n) is 6.70. The first-order valence-corrected chi connectivity index (χ1v) is 6.70. The quantitative estimate of drug-likeness (QED) is 0.782. The summed E-state index contributed by atoms with van der Waals surface area (Å²) in [7, 11) is 3.53. The van der Waals surface area contributed by atoms with Gasteiger partial charge in [0.2, 0.25) is 11.8 Å². The predicted molar refractivity (Wildman–Crippen MR) is 69.0 cm³/mol. The van der Waals surface area contributed by atoms with Gasteiger partial charge in [-0.15, -0.1) is 0 Å². The summed E-state index contributed by atoms with van der Waals surface area (Å²) in [5.41, 5.74) is 0. The van der Waals surface area contributed by atoms with Crippen molar-refractivity contribution in [1.82, 2.24) is 15.1 Å². The Morgan fingerprint density at radius 3 is 2.22 bits per heavy atom. The number of likely N-dealkylation sites (N-methyl/N-ethyl adjacent to an activating group) is 2. The largest absolute Gasteiger partial charge is 0.341 e. The molecule has 0 radical (unpaired) electrons. The number of hydrogen-bond donors (Lipinski definition) is 1. The van der Waals surface area contributed by atoms with Gasteiger partial charge in [0.15, 0.2) is 0 Å². The molecule has 0 spiro atoms. The fraction of sp³-hybridized carbons (Fsp3) is 0.846. The maximum absolute atomic E-state index is 12.1. The molecule has 18 heavy (non-hydrogen) atoms. The SMILES string of the molecule is CC(=O)N(C)CC(=O)N(C)C1CC2CCC(C1)N2. The second-order valence-electron chi connectivity index (χ2n) is 5.64. The number of fused-ring (bicyclic) bond motifs is 2. The van der Waals surface area contributed by atoms with Crippen molar-refractivity contribution in [3.63, 3.8) is 0 Å². The third-order valence-electron chi connectivity index (χ3n) is 4.30. The number of nitrogens with one attached hydrogen (secondary N) is 1. The van der Waals surface area contributed by atoms with Crippen molar-refractivity contribution in [1.29, 1.82) is 0 Å². The molecule has 0 saturated carbocycles. The summed E-state index contributed by atoms with van der Waals surface area (Å²) in [6.07, 6.45) is 4.55. The average molecular weight is 253 g/mol. The van der Waals surface area contributed by atoms with E-state index in [-0.39, 0.29) is 18.4 Å². The van der Waals surface area contributed by atoms with Gasteiger partial charge in [-0.3, -0.25) is 9.59 Å². The van der Waals surface area contributed by atoms with Crippen molar-refractivity contribution in [2.75, 3.05) is 20.6 Å². The van der Waals surface area contributed by atoms with Gasteiger partial charge in [-0.25, -0.2) is 0 Å². The van der Waals surface area contributed by atoms with Gasteiger partial charge in [0.25, 0.3) is 0 Å². The molecule has 5 nitrogen and oxygen atoms in total. The van der Waals surface area contributed by atoms with E-state index in [0.29, 0.717) is 18.1 Å². The molecule has 2 bridgehead atoms. The molecule has 0 aromatic carbocycles. The summed E-state index contributed by atoms with van der Waals surface area (Å²) in [4.78, 5) is 26.5. The smallest absolute Gasteiger partial charge is 0.242 e. The van der Waals surface area contributed by atoms with E-state index in [0.717, 1.165) is 12.8 Å². The van der Waals surface area contributed by atoms with Crippen molar-refractivity contribution in [2.24, 2.45) is 0 Å². The van der Waals surface area contributed by atoms with Gasteiger partial charge in [-0.1, -0.05) is 0 Å². The molecule has 0 aromatic rings. The maximum atomic E-state index is 12.1. The summed E-state index contributed by atoms with van der Waals surface area (Å²) in [6.45, 7) is 1.67. The van der Waals surface area contributed by atoms with Crippen molar-refractivity contribution < 1.29 is 9.59 Å². The molecular formula is C13H23N3O2. The Hall–Kier alpha value is -1.10. The Balaban J connectivity index is 1.88. The molecule has 0 aromatic heterocycles. The van der Waals surface area contributed by atoms with Crippen LogP contribution in [-0.4, -0.2) is 60.4 Å². The molecule has 0 aliphatic carbocycles. The number of hydrogen-bond acceptors (Lipinski definition) is 3. The monoisotopic (exact) mass is 253 g/mol. The van der Waals surface area contributed by atoms with Gasteiger partial charge in [-0.05, 0) is 25.7 Å². The van der Waals surface area contributed by atoms with Crippen molar-refractivity contribution >= 4 is 11.8 Å². The number of piperidine rings is 1. The van der Waals surface area contributed by atoms with Crippen molar-refractivity contribution in [2.45, 2.75) is 50.7 Å². The molecule has 2 heterocycles. The third-order valence-corrected chi connectivity index (χ3v) is 4.30. The highest BCUT2D eigenvalue weighted by Gasteiger charge is 2.36. The Labute approximate surface area is 108 Å². The Kier molecular flexibility index (Phi) is 3.90. The molecule has 2 saturated heterocycles. The van der Waals surface area contributed by atoms with Crippen LogP contribution in [0.25, 0.3) is 0 Å². The lowest BCUT2D eigenvalue weighted by atomic mass is 9.98. The summed E-state index contributed by atoms with van der Waals surface area (Å²) in [5, 5.41) is 3.57. The zero-order valence-electron chi connectivity index (χ0n) is 11.5. The van der Waals surface area contributed by atoms with E-state index in [1.807, 2.05) is 11.9 Å². The van der Waals surface area contributed by atoms with Crippen LogP contribution in [0.1, 0.15) is 32.6 Å². The third kappa shape index (κ3) is 2.83. The van der Waals surface area contributed by atoms with E-state index in [4.69, 9.17) is 0 Å². The number of nitrogens with zero attached hydrogens (tertiary/aromatic N) is 2. The normalized spacial score (nSPS) is 30.1. The molecule has 2 amide bonds. The highest BCUT2D eigenvalue weighted by atomic mass is 16.2. The minimum Gasteiger partial charge on any atom is -0.341 e. The number of carbonyl (C=O) groups is 2. The van der Waals surface area contributed by atoms with E-state index in [1.54, 1.807) is 7.05 Å². The Bertz CT molecular complexity index is 333. The Morgan fingerprint density at radius 2 is 1.72 bits per heavy atom. The van der Waals surface area contributed by atoms with Crippen LogP contribution in [0.4, 0.5) is 0 Å². The van der Waals surface area contributed by atoms with Gasteiger partial charge in [0, 0.05) is 39.1 Å². The van der Waals surface area contributed by atoms with Gasteiger partial charge < -0.3 is 15.1 Å². The van der Waals surface area contributed by atoms with Crippen LogP contribution in [-0.2, 0) is 9.59 Å². The molecule has 2 fully saturated rings. The average Bonchev–Trinajstić information content (AvgIpc) is 2.66. The van der Waals surface area contributed by atoms with Crippen LogP contribution in [0, 0.1) is 0 Å². The highest BCUT2D eigenvalue weighted by molar-refractivity contribution is 5.83. The molecule has 2 rings (SSSR count). The van der Waals surface area contributed by atoms with E-state index < -0.39 is 0 Å². The van der Waals surface area contributed by atoms with Crippen molar-refractivity contribution in [3.8, 4) is 0 Å². The maximum Gasteiger partial charge on any atom is 0.242 e. The number of rotatable bonds is 3. The van der Waals surface area contributed by atoms with E-state index >= 15 is 0 Å². The molecule has 2 aliphatic heterocycles. The molecule has 2 atom stereocenters. The molecular weight excluding hydrogens is 230 g/mol. The van der Waals surface area contributed by atoms with Gasteiger partial charge in [0.05, 0.1) is 6.54 Å². The Morgan fingerprint density at radius 1 is 1.17 bits per heavy atom. The second kappa shape index (κ2) is 5.26. The molecule has 2 aliphatic rings. The topological polar surface area (TPSA) is 52.7 Å². The van der Waals surface area contributed by atoms with Crippen LogP contribution >= 0.6 is 0 Å². The number of amides is 2. The number of carbonyl (C=O) groups excluding carboxylic acids is 2. The standard InChI is InChI=1S/C13H23N3O2/c1-9(17)15(2)8-13(18)16(3)12-6-10-4-5-11(7-12)14-10/h10-12,14H,4-8H2,1-3H3. The molecule has 1 N–H and O–H groups in total. The fourth-order valence-corrected chi connectivity index (χ4v) is 2.97. The molecule has 5 heteroatoms. The lowest BCUT2D eigenvalue weighted by Gasteiger charge is -2.36. The summed E-state index contributed by atoms with van der Waals surface area (Å²) >= 11 is 0. The molecule has 2 unspecified atom stereocenters. The minimum atomic E-state index is -0.0675. The highest BCUT2D eigenvalue weighted by Crippen LogP contribution is 2.29. The lowest BCUT2D eigenvalue weighted by molar-refractivity contribution is -0.139. The zero-order valence-corrected chi connectivity index (χ0v) is 11.5. The summed E-state index contributed by atoms with van der Waals surface area (Å²) in [6, 6.07) is 1.49. The summed E-state index contributed by atoms with van der Waals surface area (Å²) in [5.74, 6) is -0.0267.